The van der Waals surface area contributed by atoms with Crippen LogP contribution in [0.3, 0.4) is 0 Å². The number of nitrogens with one attached hydrogen (secondary N) is 1. The van der Waals surface area contributed by atoms with E-state index < -0.39 is 0 Å². The van der Waals surface area contributed by atoms with Crippen LogP contribution in [0.2, 0.25) is 0 Å². The highest BCUT2D eigenvalue weighted by Gasteiger charge is 2.29. The molecule has 2 rings (SSSR count). The zero-order valence-electron chi connectivity index (χ0n) is 13.2. The third-order valence-electron chi connectivity index (χ3n) is 5.02. The Kier molecular flexibility index (Phi) is 6.11. The van der Waals surface area contributed by atoms with Crippen molar-refractivity contribution >= 4 is 0 Å². The van der Waals surface area contributed by atoms with E-state index in [-0.39, 0.29) is 0 Å². The Morgan fingerprint density at radius 3 is 2.74 bits per heavy atom. The Morgan fingerprint density at radius 2 is 1.95 bits per heavy atom. The van der Waals surface area contributed by atoms with Crippen LogP contribution in [0.5, 0.6) is 0 Å². The summed E-state index contributed by atoms with van der Waals surface area (Å²) in [5.74, 6) is 1.79. The minimum atomic E-state index is 0.766. The summed E-state index contributed by atoms with van der Waals surface area (Å²) in [6, 6.07) is 0.766. The Hall–Kier alpha value is -0.120. The van der Waals surface area contributed by atoms with Crippen molar-refractivity contribution in [2.24, 2.45) is 11.8 Å². The van der Waals surface area contributed by atoms with Gasteiger partial charge in [0, 0.05) is 25.7 Å². The summed E-state index contributed by atoms with van der Waals surface area (Å²) in [6.45, 7) is 12.2. The third kappa shape index (κ3) is 4.73. The van der Waals surface area contributed by atoms with E-state index in [1.807, 2.05) is 0 Å². The largest absolute Gasteiger partial charge is 0.314 e. The summed E-state index contributed by atoms with van der Waals surface area (Å²) >= 11 is 0. The van der Waals surface area contributed by atoms with Gasteiger partial charge in [-0.25, -0.2) is 0 Å². The van der Waals surface area contributed by atoms with Crippen molar-refractivity contribution < 1.29 is 0 Å². The molecule has 1 N–H and O–H groups in total. The van der Waals surface area contributed by atoms with Crippen LogP contribution in [0.25, 0.3) is 0 Å². The molecule has 3 heteroatoms. The van der Waals surface area contributed by atoms with Crippen LogP contribution in [0.4, 0.5) is 0 Å². The summed E-state index contributed by atoms with van der Waals surface area (Å²) in [5, 5.41) is 3.73. The lowest BCUT2D eigenvalue weighted by Crippen LogP contribution is -2.46. The van der Waals surface area contributed by atoms with Crippen LogP contribution in [0.1, 0.15) is 39.5 Å². The van der Waals surface area contributed by atoms with Crippen molar-refractivity contribution in [3.8, 4) is 0 Å². The molecule has 2 fully saturated rings. The lowest BCUT2D eigenvalue weighted by Gasteiger charge is -2.38. The second kappa shape index (κ2) is 7.61. The first kappa shape index (κ1) is 15.3. The maximum absolute atomic E-state index is 3.73. The van der Waals surface area contributed by atoms with Gasteiger partial charge in [-0.2, -0.15) is 0 Å². The van der Waals surface area contributed by atoms with Crippen LogP contribution in [0, 0.1) is 11.8 Å². The topological polar surface area (TPSA) is 18.5 Å². The van der Waals surface area contributed by atoms with Crippen LogP contribution < -0.4 is 5.32 Å². The molecule has 0 aromatic heterocycles. The first-order chi connectivity index (χ1) is 9.19. The van der Waals surface area contributed by atoms with E-state index in [2.05, 4.69) is 36.0 Å². The van der Waals surface area contributed by atoms with Gasteiger partial charge in [-0.3, -0.25) is 0 Å². The van der Waals surface area contributed by atoms with Crippen LogP contribution in [0.15, 0.2) is 0 Å². The van der Waals surface area contributed by atoms with E-state index in [1.54, 1.807) is 0 Å². The lowest BCUT2D eigenvalue weighted by atomic mass is 9.78. The Bertz CT molecular complexity index is 256. The van der Waals surface area contributed by atoms with Gasteiger partial charge in [-0.1, -0.05) is 13.8 Å². The van der Waals surface area contributed by atoms with Gasteiger partial charge < -0.3 is 15.1 Å². The maximum atomic E-state index is 3.73. The lowest BCUT2D eigenvalue weighted by molar-refractivity contribution is 0.148. The summed E-state index contributed by atoms with van der Waals surface area (Å²) in [4.78, 5) is 5.20. The summed E-state index contributed by atoms with van der Waals surface area (Å²) in [7, 11) is 2.26. The Balaban J connectivity index is 1.86. The first-order valence-electron chi connectivity index (χ1n) is 8.33. The summed E-state index contributed by atoms with van der Waals surface area (Å²) in [5.41, 5.74) is 0. The highest BCUT2D eigenvalue weighted by molar-refractivity contribution is 4.86. The van der Waals surface area contributed by atoms with E-state index in [4.69, 9.17) is 0 Å². The highest BCUT2D eigenvalue weighted by atomic mass is 15.2. The van der Waals surface area contributed by atoms with Crippen LogP contribution >= 0.6 is 0 Å². The average Bonchev–Trinajstić information content (AvgIpc) is 2.58. The molecule has 1 aliphatic carbocycles. The molecule has 3 nitrogen and oxygen atoms in total. The van der Waals surface area contributed by atoms with Crippen molar-refractivity contribution in [3.05, 3.63) is 0 Å². The van der Waals surface area contributed by atoms with E-state index >= 15 is 0 Å². The van der Waals surface area contributed by atoms with E-state index in [1.165, 1.54) is 58.4 Å². The zero-order chi connectivity index (χ0) is 13.7. The van der Waals surface area contributed by atoms with Gasteiger partial charge in [0.1, 0.15) is 0 Å². The van der Waals surface area contributed by atoms with Crippen LogP contribution in [-0.4, -0.2) is 62.2 Å². The fourth-order valence-electron chi connectivity index (χ4n) is 3.85. The van der Waals surface area contributed by atoms with E-state index in [9.17, 15) is 0 Å². The van der Waals surface area contributed by atoms with Gasteiger partial charge in [0.2, 0.25) is 0 Å². The second-order valence-corrected chi connectivity index (χ2v) is 6.80. The molecule has 3 atom stereocenters. The standard InChI is InChI=1S/C16H33N3/c1-4-17-16-7-6-14(2)12-15(16)13-19-9-5-8-18(3)10-11-19/h14-17H,4-13H2,1-3H3. The molecule has 1 aliphatic heterocycles. The quantitative estimate of drug-likeness (QED) is 0.841. The molecule has 1 saturated carbocycles. The fraction of sp³-hybridized carbons (Fsp3) is 1.00. The molecular formula is C16H33N3. The first-order valence-corrected chi connectivity index (χ1v) is 8.33. The Morgan fingerprint density at radius 1 is 1.11 bits per heavy atom. The molecule has 112 valence electrons. The van der Waals surface area contributed by atoms with Crippen molar-refractivity contribution in [1.82, 2.24) is 15.1 Å². The summed E-state index contributed by atoms with van der Waals surface area (Å²) in [6.07, 6.45) is 5.55. The van der Waals surface area contributed by atoms with Gasteiger partial charge in [-0.05, 0) is 64.2 Å². The number of rotatable bonds is 4. The molecule has 0 spiro atoms. The average molecular weight is 267 g/mol. The molecule has 0 amide bonds. The van der Waals surface area contributed by atoms with Gasteiger partial charge >= 0.3 is 0 Å². The fourth-order valence-corrected chi connectivity index (χ4v) is 3.85. The molecule has 0 aromatic carbocycles. The molecule has 0 bridgehead atoms. The minimum absolute atomic E-state index is 0.766. The number of nitrogens with zero attached hydrogens (tertiary/aromatic N) is 2. The molecule has 1 heterocycles. The van der Waals surface area contributed by atoms with E-state index in [0.717, 1.165) is 24.4 Å². The Labute approximate surface area is 119 Å². The molecular weight excluding hydrogens is 234 g/mol. The van der Waals surface area contributed by atoms with Crippen molar-refractivity contribution in [2.75, 3.05) is 46.3 Å². The number of hydrogen-bond acceptors (Lipinski definition) is 3. The number of hydrogen-bond donors (Lipinski definition) is 1. The predicted molar refractivity (Wildman–Crippen MR) is 82.5 cm³/mol. The molecule has 3 unspecified atom stereocenters. The highest BCUT2D eigenvalue weighted by Crippen LogP contribution is 2.30. The zero-order valence-corrected chi connectivity index (χ0v) is 13.2. The molecule has 1 saturated heterocycles. The predicted octanol–water partition coefficient (Wildman–Crippen LogP) is 2.04. The smallest absolute Gasteiger partial charge is 0.0109 e. The molecule has 0 aromatic rings. The number of likely N-dealkylation sites (N-methyl/N-ethyl adjacent to an activating group) is 1. The molecule has 2 aliphatic rings. The third-order valence-corrected chi connectivity index (χ3v) is 5.02. The normalized spacial score (nSPS) is 35.2. The SMILES string of the molecule is CCNC1CCC(C)CC1CN1CCCN(C)CC1. The van der Waals surface area contributed by atoms with Gasteiger partial charge in [0.05, 0.1) is 0 Å². The van der Waals surface area contributed by atoms with Crippen molar-refractivity contribution in [3.63, 3.8) is 0 Å². The molecule has 19 heavy (non-hydrogen) atoms. The van der Waals surface area contributed by atoms with Crippen molar-refractivity contribution in [2.45, 2.75) is 45.6 Å². The second-order valence-electron chi connectivity index (χ2n) is 6.80. The molecule has 0 radical (unpaired) electrons. The summed E-state index contributed by atoms with van der Waals surface area (Å²) < 4.78 is 0. The van der Waals surface area contributed by atoms with Gasteiger partial charge in [0.25, 0.3) is 0 Å². The monoisotopic (exact) mass is 267 g/mol. The van der Waals surface area contributed by atoms with Gasteiger partial charge in [0.15, 0.2) is 0 Å². The maximum Gasteiger partial charge on any atom is 0.0109 e. The van der Waals surface area contributed by atoms with Gasteiger partial charge in [-0.15, -0.1) is 0 Å². The van der Waals surface area contributed by atoms with Crippen molar-refractivity contribution in [1.29, 1.82) is 0 Å². The minimum Gasteiger partial charge on any atom is -0.314 e. The van der Waals surface area contributed by atoms with Crippen LogP contribution in [-0.2, 0) is 0 Å². The van der Waals surface area contributed by atoms with E-state index in [0.29, 0.717) is 0 Å².